The summed E-state index contributed by atoms with van der Waals surface area (Å²) < 4.78 is 4.57. The highest BCUT2D eigenvalue weighted by Gasteiger charge is 2.34. The number of aliphatic hydroxyl groups is 3. The minimum atomic E-state index is -2.64. The van der Waals surface area contributed by atoms with Crippen molar-refractivity contribution in [3.63, 3.8) is 0 Å². The van der Waals surface area contributed by atoms with E-state index < -0.39 is 24.1 Å². The number of ether oxygens (including phenoxy) is 1. The van der Waals surface area contributed by atoms with E-state index in [9.17, 15) is 19.8 Å². The van der Waals surface area contributed by atoms with Crippen molar-refractivity contribution in [2.45, 2.75) is 37.9 Å². The quantitative estimate of drug-likeness (QED) is 0.241. The Kier molecular flexibility index (Phi) is 7.44. The van der Waals surface area contributed by atoms with Gasteiger partial charge in [0.25, 0.3) is 5.79 Å². The Hall–Kier alpha value is -1.18. The van der Waals surface area contributed by atoms with Gasteiger partial charge in [-0.05, 0) is 19.3 Å². The molecule has 17 heavy (non-hydrogen) atoms. The lowest BCUT2D eigenvalue weighted by Gasteiger charge is -2.19. The lowest BCUT2D eigenvalue weighted by molar-refractivity contribution is -0.212. The van der Waals surface area contributed by atoms with Crippen molar-refractivity contribution in [2.24, 2.45) is 0 Å². The van der Waals surface area contributed by atoms with E-state index in [2.05, 4.69) is 4.74 Å². The van der Waals surface area contributed by atoms with Crippen molar-refractivity contribution < 1.29 is 34.8 Å². The zero-order valence-electron chi connectivity index (χ0n) is 9.46. The van der Waals surface area contributed by atoms with Gasteiger partial charge in [0, 0.05) is 19.4 Å². The number of esters is 1. The third-order valence-electron chi connectivity index (χ3n) is 2.03. The van der Waals surface area contributed by atoms with Crippen LogP contribution in [-0.2, 0) is 14.3 Å². The molecule has 0 aromatic heterocycles. The number of aliphatic hydroxyl groups excluding tert-OH is 1. The summed E-state index contributed by atoms with van der Waals surface area (Å²) in [7, 11) is 0. The number of carbonyl (C=O) groups excluding carboxylic acids is 1. The van der Waals surface area contributed by atoms with Gasteiger partial charge in [-0.2, -0.15) is 0 Å². The second-order valence-corrected chi connectivity index (χ2v) is 3.63. The fourth-order valence-corrected chi connectivity index (χ4v) is 1.08. The van der Waals surface area contributed by atoms with E-state index in [0.29, 0.717) is 12.8 Å². The van der Waals surface area contributed by atoms with Crippen LogP contribution in [-0.4, -0.2) is 51.4 Å². The van der Waals surface area contributed by atoms with Gasteiger partial charge in [-0.15, -0.1) is 0 Å². The molecule has 0 aromatic rings. The average molecular weight is 250 g/mol. The molecule has 0 amide bonds. The van der Waals surface area contributed by atoms with Gasteiger partial charge in [-0.3, -0.25) is 4.79 Å². The highest BCUT2D eigenvalue weighted by Crippen LogP contribution is 2.13. The maximum absolute atomic E-state index is 11.2. The van der Waals surface area contributed by atoms with Gasteiger partial charge in [0.2, 0.25) is 0 Å². The van der Waals surface area contributed by atoms with Crippen molar-refractivity contribution in [1.29, 1.82) is 0 Å². The minimum absolute atomic E-state index is 0.0127. The molecule has 0 atom stereocenters. The molecule has 0 aliphatic carbocycles. The van der Waals surface area contributed by atoms with Crippen molar-refractivity contribution >= 4 is 11.9 Å². The van der Waals surface area contributed by atoms with E-state index in [-0.39, 0.29) is 26.1 Å². The van der Waals surface area contributed by atoms with Crippen LogP contribution >= 0.6 is 0 Å². The third-order valence-corrected chi connectivity index (χ3v) is 2.03. The Bertz CT molecular complexity index is 249. The van der Waals surface area contributed by atoms with Gasteiger partial charge >= 0.3 is 11.9 Å². The fraction of sp³-hybridized carbons (Fsp3) is 0.800. The molecule has 100 valence electrons. The standard InChI is InChI=1S/C10H18O7/c11-6-1-2-7-17-9(14)10(15,16)5-3-4-8(12)13/h11,15-16H,1-7H2,(H,12,13). The zero-order chi connectivity index (χ0) is 13.3. The molecule has 0 saturated carbocycles. The summed E-state index contributed by atoms with van der Waals surface area (Å²) >= 11 is 0. The first-order valence-corrected chi connectivity index (χ1v) is 5.35. The second kappa shape index (κ2) is 7.99. The summed E-state index contributed by atoms with van der Waals surface area (Å²) in [6.45, 7) is -0.0409. The molecule has 0 radical (unpaired) electrons. The van der Waals surface area contributed by atoms with Crippen LogP contribution in [0.3, 0.4) is 0 Å². The van der Waals surface area contributed by atoms with Gasteiger partial charge in [0.05, 0.1) is 6.61 Å². The first-order chi connectivity index (χ1) is 7.90. The Labute approximate surface area is 98.6 Å². The van der Waals surface area contributed by atoms with E-state index >= 15 is 0 Å². The molecule has 0 aromatic carbocycles. The molecule has 0 saturated heterocycles. The topological polar surface area (TPSA) is 124 Å². The van der Waals surface area contributed by atoms with Crippen LogP contribution in [0.5, 0.6) is 0 Å². The Morgan fingerprint density at radius 2 is 1.76 bits per heavy atom. The molecule has 4 N–H and O–H groups in total. The van der Waals surface area contributed by atoms with E-state index in [1.165, 1.54) is 0 Å². The van der Waals surface area contributed by atoms with Crippen LogP contribution in [0.2, 0.25) is 0 Å². The van der Waals surface area contributed by atoms with Crippen LogP contribution < -0.4 is 0 Å². The number of hydrogen-bond donors (Lipinski definition) is 4. The molecular formula is C10H18O7. The molecule has 7 nitrogen and oxygen atoms in total. The number of unbranched alkanes of at least 4 members (excludes halogenated alkanes) is 1. The van der Waals surface area contributed by atoms with Crippen LogP contribution in [0.25, 0.3) is 0 Å². The fourth-order valence-electron chi connectivity index (χ4n) is 1.08. The molecule has 7 heteroatoms. The summed E-state index contributed by atoms with van der Waals surface area (Å²) in [4.78, 5) is 21.4. The largest absolute Gasteiger partial charge is 0.481 e. The minimum Gasteiger partial charge on any atom is -0.481 e. The van der Waals surface area contributed by atoms with Gasteiger partial charge in [-0.1, -0.05) is 0 Å². The van der Waals surface area contributed by atoms with Crippen LogP contribution in [0.1, 0.15) is 32.1 Å². The predicted molar refractivity (Wildman–Crippen MR) is 55.9 cm³/mol. The average Bonchev–Trinajstić information content (AvgIpc) is 2.23. The molecule has 0 fully saturated rings. The van der Waals surface area contributed by atoms with Crippen LogP contribution in [0.4, 0.5) is 0 Å². The summed E-state index contributed by atoms with van der Waals surface area (Å²) in [5.41, 5.74) is 0. The van der Waals surface area contributed by atoms with Crippen molar-refractivity contribution in [3.05, 3.63) is 0 Å². The summed E-state index contributed by atoms with van der Waals surface area (Å²) in [5, 5.41) is 35.4. The van der Waals surface area contributed by atoms with Crippen LogP contribution in [0.15, 0.2) is 0 Å². The van der Waals surface area contributed by atoms with Crippen molar-refractivity contribution in [3.8, 4) is 0 Å². The summed E-state index contributed by atoms with van der Waals surface area (Å²) in [5.74, 6) is -4.91. The predicted octanol–water partition coefficient (Wildman–Crippen LogP) is -0.762. The third kappa shape index (κ3) is 7.67. The highest BCUT2D eigenvalue weighted by molar-refractivity contribution is 5.77. The molecule has 0 rings (SSSR count). The maximum Gasteiger partial charge on any atom is 0.366 e. The Morgan fingerprint density at radius 3 is 2.29 bits per heavy atom. The summed E-state index contributed by atoms with van der Waals surface area (Å²) in [6, 6.07) is 0. The molecule has 0 bridgehead atoms. The SMILES string of the molecule is O=C(O)CCCC(O)(O)C(=O)OCCCCO. The van der Waals surface area contributed by atoms with E-state index in [4.69, 9.17) is 10.2 Å². The van der Waals surface area contributed by atoms with Gasteiger partial charge in [0.15, 0.2) is 0 Å². The van der Waals surface area contributed by atoms with Crippen molar-refractivity contribution in [1.82, 2.24) is 0 Å². The number of carbonyl (C=O) groups is 2. The first-order valence-electron chi connectivity index (χ1n) is 5.35. The van der Waals surface area contributed by atoms with Crippen LogP contribution in [0, 0.1) is 0 Å². The second-order valence-electron chi connectivity index (χ2n) is 3.63. The van der Waals surface area contributed by atoms with E-state index in [1.54, 1.807) is 0 Å². The van der Waals surface area contributed by atoms with Gasteiger partial charge in [-0.25, -0.2) is 4.79 Å². The molecule has 0 aliphatic heterocycles. The summed E-state index contributed by atoms with van der Waals surface area (Å²) in [6.07, 6.45) is 0.205. The maximum atomic E-state index is 11.2. The number of aliphatic carboxylic acids is 1. The molecule has 0 heterocycles. The smallest absolute Gasteiger partial charge is 0.366 e. The van der Waals surface area contributed by atoms with E-state index in [1.807, 2.05) is 0 Å². The highest BCUT2D eigenvalue weighted by atomic mass is 16.6. The number of hydrogen-bond acceptors (Lipinski definition) is 6. The Morgan fingerprint density at radius 1 is 1.12 bits per heavy atom. The molecule has 0 unspecified atom stereocenters. The number of carboxylic acid groups (broad SMARTS) is 1. The van der Waals surface area contributed by atoms with E-state index in [0.717, 1.165) is 0 Å². The lowest BCUT2D eigenvalue weighted by atomic mass is 10.1. The Balaban J connectivity index is 3.85. The van der Waals surface area contributed by atoms with Crippen molar-refractivity contribution in [2.75, 3.05) is 13.2 Å². The number of carboxylic acids is 1. The molecular weight excluding hydrogens is 232 g/mol. The molecule has 0 aliphatic rings. The first kappa shape index (κ1) is 15.8. The normalized spacial score (nSPS) is 11.2. The zero-order valence-corrected chi connectivity index (χ0v) is 9.46. The van der Waals surface area contributed by atoms with Gasteiger partial charge < -0.3 is 25.2 Å². The molecule has 0 spiro atoms. The number of rotatable bonds is 9. The van der Waals surface area contributed by atoms with Gasteiger partial charge in [0.1, 0.15) is 0 Å². The lowest BCUT2D eigenvalue weighted by Crippen LogP contribution is -2.40. The monoisotopic (exact) mass is 250 g/mol.